The van der Waals surface area contributed by atoms with E-state index in [1.54, 1.807) is 0 Å². The van der Waals surface area contributed by atoms with E-state index in [9.17, 15) is 0 Å². The molecule has 0 aromatic heterocycles. The number of allylic oxidation sites excluding steroid dienone is 1. The quantitative estimate of drug-likeness (QED) is 0.555. The summed E-state index contributed by atoms with van der Waals surface area (Å²) in [5, 5.41) is 3.50. The molecule has 126 valence electrons. The van der Waals surface area contributed by atoms with Crippen LogP contribution in [0.3, 0.4) is 0 Å². The van der Waals surface area contributed by atoms with Crippen LogP contribution in [0.2, 0.25) is 0 Å². The first-order chi connectivity index (χ1) is 12.0. The molecule has 1 nitrogen and oxygen atoms in total. The van der Waals surface area contributed by atoms with E-state index in [1.807, 2.05) is 0 Å². The van der Waals surface area contributed by atoms with Crippen LogP contribution in [0.1, 0.15) is 29.2 Å². The fourth-order valence-corrected chi connectivity index (χ4v) is 3.14. The van der Waals surface area contributed by atoms with E-state index in [2.05, 4.69) is 99.4 Å². The molecule has 3 aromatic carbocycles. The van der Waals surface area contributed by atoms with E-state index in [4.69, 9.17) is 0 Å². The van der Waals surface area contributed by atoms with Gasteiger partial charge in [0.25, 0.3) is 0 Å². The first kappa shape index (κ1) is 17.0. The smallest absolute Gasteiger partial charge is 0.0401 e. The molecule has 0 spiro atoms. The first-order valence-electron chi connectivity index (χ1n) is 8.69. The molecule has 0 aliphatic rings. The van der Waals surface area contributed by atoms with Crippen molar-refractivity contribution in [1.82, 2.24) is 0 Å². The fraction of sp³-hybridized carbons (Fsp3) is 0.167. The molecule has 25 heavy (non-hydrogen) atoms. The molecule has 3 rings (SSSR count). The summed E-state index contributed by atoms with van der Waals surface area (Å²) in [7, 11) is 0. The lowest BCUT2D eigenvalue weighted by atomic mass is 9.96. The number of anilines is 1. The topological polar surface area (TPSA) is 12.0 Å². The van der Waals surface area contributed by atoms with Crippen molar-refractivity contribution in [2.75, 3.05) is 5.32 Å². The predicted octanol–water partition coefficient (Wildman–Crippen LogP) is 6.62. The average Bonchev–Trinajstić information content (AvgIpc) is 2.60. The zero-order valence-electron chi connectivity index (χ0n) is 15.3. The third-order valence-corrected chi connectivity index (χ3v) is 4.46. The Bertz CT molecular complexity index is 905. The van der Waals surface area contributed by atoms with E-state index < -0.39 is 0 Å². The minimum atomic E-state index is 0.820. The molecule has 0 aliphatic heterocycles. The van der Waals surface area contributed by atoms with Crippen molar-refractivity contribution in [2.24, 2.45) is 0 Å². The van der Waals surface area contributed by atoms with Crippen LogP contribution >= 0.6 is 0 Å². The van der Waals surface area contributed by atoms with Gasteiger partial charge in [0.2, 0.25) is 0 Å². The highest BCUT2D eigenvalue weighted by Crippen LogP contribution is 2.26. The Kier molecular flexibility index (Phi) is 5.04. The third kappa shape index (κ3) is 4.19. The van der Waals surface area contributed by atoms with Crippen LogP contribution in [0.5, 0.6) is 0 Å². The Balaban J connectivity index is 1.79. The molecule has 0 heterocycles. The molecule has 1 N–H and O–H groups in total. The number of aryl methyl sites for hydroxylation is 2. The van der Waals surface area contributed by atoms with Gasteiger partial charge in [-0.2, -0.15) is 0 Å². The Morgan fingerprint density at radius 2 is 1.64 bits per heavy atom. The maximum atomic E-state index is 4.05. The summed E-state index contributed by atoms with van der Waals surface area (Å²) in [4.78, 5) is 0. The van der Waals surface area contributed by atoms with Gasteiger partial charge in [-0.1, -0.05) is 60.7 Å². The van der Waals surface area contributed by atoms with Gasteiger partial charge in [-0.15, -0.1) is 0 Å². The second-order valence-electron chi connectivity index (χ2n) is 6.73. The third-order valence-electron chi connectivity index (χ3n) is 4.46. The minimum Gasteiger partial charge on any atom is -0.381 e. The molecular formula is C24H25N. The number of nitrogens with one attached hydrogen (secondary N) is 1. The lowest BCUT2D eigenvalue weighted by Gasteiger charge is -2.11. The summed E-state index contributed by atoms with van der Waals surface area (Å²) >= 11 is 0. The van der Waals surface area contributed by atoms with Gasteiger partial charge in [-0.05, 0) is 72.4 Å². The van der Waals surface area contributed by atoms with E-state index in [-0.39, 0.29) is 0 Å². The summed E-state index contributed by atoms with van der Waals surface area (Å²) in [6.45, 7) is 11.2. The molecule has 0 aliphatic carbocycles. The van der Waals surface area contributed by atoms with Gasteiger partial charge in [-0.3, -0.25) is 0 Å². The fourth-order valence-electron chi connectivity index (χ4n) is 3.14. The van der Waals surface area contributed by atoms with Gasteiger partial charge >= 0.3 is 0 Å². The molecule has 0 bridgehead atoms. The van der Waals surface area contributed by atoms with Gasteiger partial charge in [0.15, 0.2) is 0 Å². The van der Waals surface area contributed by atoms with Gasteiger partial charge in [0.1, 0.15) is 0 Å². The van der Waals surface area contributed by atoms with Gasteiger partial charge in [-0.25, -0.2) is 0 Å². The molecular weight excluding hydrogens is 302 g/mol. The highest BCUT2D eigenvalue weighted by Gasteiger charge is 2.04. The normalized spacial score (nSPS) is 10.5. The van der Waals surface area contributed by atoms with Crippen molar-refractivity contribution in [1.29, 1.82) is 0 Å². The molecule has 0 amide bonds. The molecule has 0 atom stereocenters. The monoisotopic (exact) mass is 327 g/mol. The lowest BCUT2D eigenvalue weighted by Crippen LogP contribution is -1.99. The standard InChI is InChI=1S/C24H25N/c1-17(2)24-12-11-22(14-19(24)4)21-9-6-8-20(15-21)16-25-23-10-5-7-18(3)13-23/h5-15,25H,1,16H2,2-4H3. The van der Waals surface area contributed by atoms with Crippen molar-refractivity contribution >= 4 is 11.3 Å². The number of rotatable bonds is 5. The van der Waals surface area contributed by atoms with Crippen LogP contribution in [-0.2, 0) is 6.54 Å². The van der Waals surface area contributed by atoms with Crippen LogP contribution in [0.15, 0.2) is 73.3 Å². The predicted molar refractivity (Wildman–Crippen MR) is 110 cm³/mol. The van der Waals surface area contributed by atoms with Crippen molar-refractivity contribution in [3.8, 4) is 11.1 Å². The zero-order chi connectivity index (χ0) is 17.8. The molecule has 0 saturated carbocycles. The van der Waals surface area contributed by atoms with E-state index in [0.29, 0.717) is 0 Å². The lowest BCUT2D eigenvalue weighted by molar-refractivity contribution is 1.15. The Hall–Kier alpha value is -2.80. The molecule has 0 saturated heterocycles. The second kappa shape index (κ2) is 7.40. The summed E-state index contributed by atoms with van der Waals surface area (Å²) in [6, 6.07) is 23.8. The second-order valence-corrected chi connectivity index (χ2v) is 6.73. The maximum Gasteiger partial charge on any atom is 0.0401 e. The molecule has 0 fully saturated rings. The van der Waals surface area contributed by atoms with Crippen LogP contribution in [-0.4, -0.2) is 0 Å². The average molecular weight is 327 g/mol. The first-order valence-corrected chi connectivity index (χ1v) is 8.69. The van der Waals surface area contributed by atoms with Crippen molar-refractivity contribution in [2.45, 2.75) is 27.3 Å². The van der Waals surface area contributed by atoms with Crippen LogP contribution in [0, 0.1) is 13.8 Å². The Morgan fingerprint density at radius 3 is 2.36 bits per heavy atom. The van der Waals surface area contributed by atoms with Gasteiger partial charge in [0.05, 0.1) is 0 Å². The highest BCUT2D eigenvalue weighted by molar-refractivity contribution is 5.71. The summed E-state index contributed by atoms with van der Waals surface area (Å²) < 4.78 is 0. The summed E-state index contributed by atoms with van der Waals surface area (Å²) in [6.07, 6.45) is 0. The van der Waals surface area contributed by atoms with Crippen LogP contribution < -0.4 is 5.32 Å². The van der Waals surface area contributed by atoms with Gasteiger partial charge in [0, 0.05) is 12.2 Å². The number of hydrogen-bond donors (Lipinski definition) is 1. The Morgan fingerprint density at radius 1 is 0.880 bits per heavy atom. The largest absolute Gasteiger partial charge is 0.381 e. The van der Waals surface area contributed by atoms with E-state index in [0.717, 1.165) is 17.8 Å². The van der Waals surface area contributed by atoms with Crippen LogP contribution in [0.4, 0.5) is 5.69 Å². The van der Waals surface area contributed by atoms with Crippen molar-refractivity contribution < 1.29 is 0 Å². The number of hydrogen-bond acceptors (Lipinski definition) is 1. The molecule has 3 aromatic rings. The summed E-state index contributed by atoms with van der Waals surface area (Å²) in [5.74, 6) is 0. The van der Waals surface area contributed by atoms with E-state index >= 15 is 0 Å². The summed E-state index contributed by atoms with van der Waals surface area (Å²) in [5.41, 5.74) is 9.83. The Labute approximate surface area is 151 Å². The van der Waals surface area contributed by atoms with Gasteiger partial charge < -0.3 is 5.32 Å². The number of benzene rings is 3. The molecule has 0 unspecified atom stereocenters. The van der Waals surface area contributed by atoms with Crippen LogP contribution in [0.25, 0.3) is 16.7 Å². The van der Waals surface area contributed by atoms with Crippen molar-refractivity contribution in [3.05, 3.63) is 95.6 Å². The SMILES string of the molecule is C=C(C)c1ccc(-c2cccc(CNc3cccc(C)c3)c2)cc1C. The molecule has 0 radical (unpaired) electrons. The molecule has 1 heteroatoms. The highest BCUT2D eigenvalue weighted by atomic mass is 14.9. The van der Waals surface area contributed by atoms with E-state index in [1.165, 1.54) is 33.4 Å². The maximum absolute atomic E-state index is 4.05. The minimum absolute atomic E-state index is 0.820. The zero-order valence-corrected chi connectivity index (χ0v) is 15.3. The van der Waals surface area contributed by atoms with Crippen molar-refractivity contribution in [3.63, 3.8) is 0 Å².